The maximum Gasteiger partial charge on any atom is 0.139 e. The first kappa shape index (κ1) is 18.0. The van der Waals surface area contributed by atoms with Crippen LogP contribution in [0.5, 0.6) is 5.75 Å². The van der Waals surface area contributed by atoms with Crippen molar-refractivity contribution in [1.29, 1.82) is 0 Å². The number of benzene rings is 1. The van der Waals surface area contributed by atoms with E-state index in [4.69, 9.17) is 5.73 Å². The SMILES string of the molecule is C=Ic1c(C2CCC(C3CCC(I)CC3)CC2)ccc(O)c1N. The molecule has 0 amide bonds. The zero-order valence-electron chi connectivity index (χ0n) is 13.6. The maximum atomic E-state index is 9.85. The standard InChI is InChI=1S/C19H27I2NO/c1-21-18-16(10-11-17(23)19(18)22)14-4-2-12(3-5-14)13-6-8-15(20)9-7-13/h10-15,23H,1-9,22H2. The van der Waals surface area contributed by atoms with E-state index in [1.807, 2.05) is 0 Å². The third kappa shape index (κ3) is 4.05. The molecule has 0 heterocycles. The van der Waals surface area contributed by atoms with Crippen molar-refractivity contribution in [2.45, 2.75) is 61.2 Å². The summed E-state index contributed by atoms with van der Waals surface area (Å²) in [5, 5.41) is 9.85. The van der Waals surface area contributed by atoms with E-state index in [1.165, 1.54) is 60.5 Å². The van der Waals surface area contributed by atoms with Gasteiger partial charge in [0, 0.05) is 7.49 Å². The topological polar surface area (TPSA) is 46.2 Å². The van der Waals surface area contributed by atoms with Crippen LogP contribution in [0.3, 0.4) is 0 Å². The van der Waals surface area contributed by atoms with Crippen molar-refractivity contribution in [2.75, 3.05) is 5.73 Å². The number of hydrogen-bond acceptors (Lipinski definition) is 2. The first-order valence-electron chi connectivity index (χ1n) is 8.74. The molecule has 0 saturated heterocycles. The Morgan fingerprint density at radius 3 is 2.13 bits per heavy atom. The Hall–Kier alpha value is 0.150. The van der Waals surface area contributed by atoms with E-state index < -0.39 is 0 Å². The quantitative estimate of drug-likeness (QED) is 0.221. The van der Waals surface area contributed by atoms with Crippen LogP contribution in [-0.4, -0.2) is 13.5 Å². The molecule has 2 aliphatic rings. The van der Waals surface area contributed by atoms with Gasteiger partial charge in [0.05, 0.1) is 5.69 Å². The molecule has 0 bridgehead atoms. The van der Waals surface area contributed by atoms with Crippen LogP contribution in [0.1, 0.15) is 62.8 Å². The summed E-state index contributed by atoms with van der Waals surface area (Å²) in [6, 6.07) is 3.89. The Bertz CT molecular complexity index is 559. The van der Waals surface area contributed by atoms with Crippen molar-refractivity contribution in [2.24, 2.45) is 11.8 Å². The summed E-state index contributed by atoms with van der Waals surface area (Å²) in [5.41, 5.74) is 8.07. The smallest absolute Gasteiger partial charge is 0.139 e. The highest BCUT2D eigenvalue weighted by Gasteiger charge is 2.31. The summed E-state index contributed by atoms with van der Waals surface area (Å²) < 4.78 is 6.23. The normalized spacial score (nSPS) is 31.9. The van der Waals surface area contributed by atoms with E-state index in [0.717, 1.165) is 15.8 Å². The third-order valence-electron chi connectivity index (χ3n) is 5.90. The highest BCUT2D eigenvalue weighted by molar-refractivity contribution is 14.2. The minimum Gasteiger partial charge on any atom is -0.506 e. The van der Waals surface area contributed by atoms with Gasteiger partial charge in [0.2, 0.25) is 0 Å². The van der Waals surface area contributed by atoms with Crippen LogP contribution in [0, 0.1) is 15.4 Å². The molecule has 1 aromatic rings. The molecule has 4 heteroatoms. The van der Waals surface area contributed by atoms with E-state index in [-0.39, 0.29) is 26.5 Å². The van der Waals surface area contributed by atoms with Gasteiger partial charge in [-0.3, -0.25) is 0 Å². The Morgan fingerprint density at radius 1 is 1.00 bits per heavy atom. The summed E-state index contributed by atoms with van der Waals surface area (Å²) >= 11 is 2.28. The highest BCUT2D eigenvalue weighted by Crippen LogP contribution is 2.46. The molecule has 1 aromatic carbocycles. The monoisotopic (exact) mass is 539 g/mol. The fourth-order valence-corrected chi connectivity index (χ4v) is 6.98. The lowest BCUT2D eigenvalue weighted by molar-refractivity contribution is 0.189. The van der Waals surface area contributed by atoms with Crippen LogP contribution >= 0.6 is 43.3 Å². The number of nitrogen functional groups attached to an aromatic ring is 1. The van der Waals surface area contributed by atoms with Crippen molar-refractivity contribution >= 4 is 53.5 Å². The molecule has 128 valence electrons. The predicted octanol–water partition coefficient (Wildman–Crippen LogP) is 5.81. The Morgan fingerprint density at radius 2 is 1.57 bits per heavy atom. The van der Waals surface area contributed by atoms with Gasteiger partial charge in [0.25, 0.3) is 0 Å². The molecule has 2 nitrogen and oxygen atoms in total. The maximum absolute atomic E-state index is 9.85. The van der Waals surface area contributed by atoms with Crippen molar-refractivity contribution < 1.29 is 5.11 Å². The van der Waals surface area contributed by atoms with Gasteiger partial charge >= 0.3 is 0 Å². The largest absolute Gasteiger partial charge is 0.506 e. The number of phenols is 1. The molecular formula is C19H27I2NO. The Balaban J connectivity index is 1.65. The number of alkyl halides is 1. The predicted molar refractivity (Wildman–Crippen MR) is 117 cm³/mol. The molecule has 2 saturated carbocycles. The average Bonchev–Trinajstić information content (AvgIpc) is 2.58. The number of rotatable bonds is 3. The van der Waals surface area contributed by atoms with Gasteiger partial charge in [-0.2, -0.15) is 0 Å². The zero-order chi connectivity index (χ0) is 16.4. The molecule has 3 rings (SSSR count). The molecular weight excluding hydrogens is 512 g/mol. The average molecular weight is 539 g/mol. The lowest BCUT2D eigenvalue weighted by Crippen LogP contribution is -2.25. The van der Waals surface area contributed by atoms with Crippen molar-refractivity contribution in [3.63, 3.8) is 0 Å². The molecule has 0 radical (unpaired) electrons. The van der Waals surface area contributed by atoms with Crippen molar-refractivity contribution in [3.05, 3.63) is 21.3 Å². The number of aromatic hydroxyl groups is 1. The summed E-state index contributed by atoms with van der Waals surface area (Å²) in [5.74, 6) is 2.79. The van der Waals surface area contributed by atoms with Crippen LogP contribution in [0.2, 0.25) is 0 Å². The second kappa shape index (κ2) is 8.02. The fourth-order valence-electron chi connectivity index (χ4n) is 4.52. The second-order valence-corrected chi connectivity index (χ2v) is 10.8. The molecule has 0 atom stereocenters. The molecule has 0 spiro atoms. The first-order chi connectivity index (χ1) is 11.1. The Labute approximate surface area is 163 Å². The van der Waals surface area contributed by atoms with Crippen LogP contribution in [-0.2, 0) is 0 Å². The number of anilines is 1. The second-order valence-electron chi connectivity index (χ2n) is 7.16. The van der Waals surface area contributed by atoms with Crippen molar-refractivity contribution in [3.8, 4) is 5.75 Å². The summed E-state index contributed by atoms with van der Waals surface area (Å²) in [6.07, 6.45) is 11.1. The van der Waals surface area contributed by atoms with E-state index in [0.29, 0.717) is 11.6 Å². The molecule has 2 fully saturated rings. The first-order valence-corrected chi connectivity index (χ1v) is 12.6. The molecule has 0 aliphatic heterocycles. The number of halogens is 2. The summed E-state index contributed by atoms with van der Waals surface area (Å²) in [6.45, 7) is 0. The van der Waals surface area contributed by atoms with E-state index in [9.17, 15) is 5.11 Å². The van der Waals surface area contributed by atoms with Crippen LogP contribution < -0.4 is 5.73 Å². The van der Waals surface area contributed by atoms with Gasteiger partial charge < -0.3 is 10.8 Å². The Kier molecular flexibility index (Phi) is 6.26. The lowest BCUT2D eigenvalue weighted by atomic mass is 9.70. The third-order valence-corrected chi connectivity index (χ3v) is 9.11. The minimum absolute atomic E-state index is 0.233. The minimum atomic E-state index is -0.343. The number of hydrogen-bond donors (Lipinski definition) is 2. The van der Waals surface area contributed by atoms with Crippen LogP contribution in [0.15, 0.2) is 12.1 Å². The summed E-state index contributed by atoms with van der Waals surface area (Å²) in [7, 11) is 0. The van der Waals surface area contributed by atoms with Gasteiger partial charge in [-0.25, -0.2) is 0 Å². The van der Waals surface area contributed by atoms with Gasteiger partial charge in [-0.15, -0.1) is 0 Å². The van der Waals surface area contributed by atoms with Gasteiger partial charge in [0.1, 0.15) is 5.75 Å². The fraction of sp³-hybridized carbons (Fsp3) is 0.632. The van der Waals surface area contributed by atoms with Gasteiger partial charge in [-0.1, -0.05) is 53.9 Å². The molecule has 0 aromatic heterocycles. The molecule has 3 N–H and O–H groups in total. The van der Waals surface area contributed by atoms with E-state index in [1.54, 1.807) is 6.07 Å². The van der Waals surface area contributed by atoms with Crippen molar-refractivity contribution in [1.82, 2.24) is 0 Å². The van der Waals surface area contributed by atoms with Gasteiger partial charge in [-0.05, 0) is 80.8 Å². The molecule has 2 aliphatic carbocycles. The zero-order valence-corrected chi connectivity index (χ0v) is 17.9. The number of phenolic OH excluding ortho intramolecular Hbond substituents is 1. The highest BCUT2D eigenvalue weighted by atomic mass is 127. The van der Waals surface area contributed by atoms with Crippen LogP contribution in [0.25, 0.3) is 0 Å². The summed E-state index contributed by atoms with van der Waals surface area (Å²) in [4.78, 5) is 0. The molecule has 0 unspecified atom stereocenters. The lowest BCUT2D eigenvalue weighted by Gasteiger charge is -2.37. The number of nitrogens with two attached hydrogens (primary N) is 1. The van der Waals surface area contributed by atoms with Crippen LogP contribution in [0.4, 0.5) is 5.69 Å². The molecule has 23 heavy (non-hydrogen) atoms. The van der Waals surface area contributed by atoms with E-state index >= 15 is 0 Å². The van der Waals surface area contributed by atoms with E-state index in [2.05, 4.69) is 33.2 Å². The van der Waals surface area contributed by atoms with Gasteiger partial charge in [0.15, 0.2) is 0 Å².